The van der Waals surface area contributed by atoms with Crippen molar-refractivity contribution < 1.29 is 4.79 Å². The third-order valence-corrected chi connectivity index (χ3v) is 2.90. The zero-order valence-electron chi connectivity index (χ0n) is 9.92. The van der Waals surface area contributed by atoms with Crippen LogP contribution >= 0.6 is 0 Å². The fourth-order valence-electron chi connectivity index (χ4n) is 1.96. The molecule has 2 heterocycles. The zero-order chi connectivity index (χ0) is 11.9. The number of anilines is 1. The standard InChI is InChI=1S/C11H18N4O/c1-7(2)5-14-6-9(4-13-14)15-8(3)10(12)11(15)16/h4,6-8,10H,5,12H2,1-3H3. The van der Waals surface area contributed by atoms with E-state index < -0.39 is 0 Å². The van der Waals surface area contributed by atoms with E-state index in [2.05, 4.69) is 18.9 Å². The second kappa shape index (κ2) is 3.90. The molecule has 2 rings (SSSR count). The van der Waals surface area contributed by atoms with Crippen LogP contribution in [0.3, 0.4) is 0 Å². The van der Waals surface area contributed by atoms with Crippen molar-refractivity contribution >= 4 is 11.6 Å². The number of nitrogens with two attached hydrogens (primary N) is 1. The number of β-lactam (4-membered cyclic amide) rings is 1. The van der Waals surface area contributed by atoms with E-state index in [-0.39, 0.29) is 18.0 Å². The highest BCUT2D eigenvalue weighted by Gasteiger charge is 2.43. The van der Waals surface area contributed by atoms with Crippen molar-refractivity contribution in [2.75, 3.05) is 4.90 Å². The highest BCUT2D eigenvalue weighted by atomic mass is 16.2. The molecule has 0 spiro atoms. The summed E-state index contributed by atoms with van der Waals surface area (Å²) in [6.45, 7) is 7.08. The first-order chi connectivity index (χ1) is 7.50. The molecule has 0 aliphatic carbocycles. The van der Waals surface area contributed by atoms with E-state index in [0.29, 0.717) is 5.92 Å². The van der Waals surface area contributed by atoms with Crippen LogP contribution in [-0.4, -0.2) is 27.8 Å². The molecule has 1 aliphatic rings. The minimum Gasteiger partial charge on any atom is -0.318 e. The van der Waals surface area contributed by atoms with Gasteiger partial charge in [-0.15, -0.1) is 0 Å². The number of hydrogen-bond donors (Lipinski definition) is 1. The van der Waals surface area contributed by atoms with E-state index in [1.165, 1.54) is 0 Å². The molecule has 2 N–H and O–H groups in total. The van der Waals surface area contributed by atoms with Crippen molar-refractivity contribution in [3.8, 4) is 0 Å². The van der Waals surface area contributed by atoms with Crippen molar-refractivity contribution in [3.05, 3.63) is 12.4 Å². The Labute approximate surface area is 95.2 Å². The van der Waals surface area contributed by atoms with Gasteiger partial charge in [-0.2, -0.15) is 5.10 Å². The Balaban J connectivity index is 2.11. The van der Waals surface area contributed by atoms with Crippen molar-refractivity contribution in [2.24, 2.45) is 11.7 Å². The minimum atomic E-state index is -0.353. The van der Waals surface area contributed by atoms with Gasteiger partial charge in [0.15, 0.2) is 0 Å². The third kappa shape index (κ3) is 1.71. The first kappa shape index (κ1) is 11.1. The Morgan fingerprint density at radius 3 is 2.81 bits per heavy atom. The molecule has 1 aromatic rings. The van der Waals surface area contributed by atoms with E-state index in [4.69, 9.17) is 5.73 Å². The SMILES string of the molecule is CC(C)Cn1cc(N2C(=O)C(N)C2C)cn1. The molecule has 1 amide bonds. The summed E-state index contributed by atoms with van der Waals surface area (Å²) < 4.78 is 1.86. The summed E-state index contributed by atoms with van der Waals surface area (Å²) in [7, 11) is 0. The number of aromatic nitrogens is 2. The molecule has 1 fully saturated rings. The summed E-state index contributed by atoms with van der Waals surface area (Å²) in [6.07, 6.45) is 3.63. The van der Waals surface area contributed by atoms with Crippen molar-refractivity contribution in [2.45, 2.75) is 39.4 Å². The number of amides is 1. The molecule has 2 unspecified atom stereocenters. The maximum absolute atomic E-state index is 11.6. The Bertz CT molecular complexity index is 398. The number of nitrogens with zero attached hydrogens (tertiary/aromatic N) is 3. The summed E-state index contributed by atoms with van der Waals surface area (Å²) in [5, 5.41) is 4.24. The summed E-state index contributed by atoms with van der Waals surface area (Å²) in [4.78, 5) is 13.3. The Kier molecular flexibility index (Phi) is 2.71. The summed E-state index contributed by atoms with van der Waals surface area (Å²) in [6, 6.07) is -0.280. The second-order valence-corrected chi connectivity index (χ2v) is 4.79. The highest BCUT2D eigenvalue weighted by Crippen LogP contribution is 2.26. The van der Waals surface area contributed by atoms with Gasteiger partial charge in [0.1, 0.15) is 6.04 Å². The van der Waals surface area contributed by atoms with Crippen molar-refractivity contribution in [3.63, 3.8) is 0 Å². The van der Waals surface area contributed by atoms with Gasteiger partial charge in [0, 0.05) is 12.7 Å². The molecular weight excluding hydrogens is 204 g/mol. The van der Waals surface area contributed by atoms with E-state index in [0.717, 1.165) is 12.2 Å². The largest absolute Gasteiger partial charge is 0.318 e. The Hall–Kier alpha value is -1.36. The third-order valence-electron chi connectivity index (χ3n) is 2.90. The molecule has 5 heteroatoms. The average Bonchev–Trinajstić information content (AvgIpc) is 2.65. The first-order valence-corrected chi connectivity index (χ1v) is 5.62. The van der Waals surface area contributed by atoms with Crippen molar-refractivity contribution in [1.82, 2.24) is 9.78 Å². The fraction of sp³-hybridized carbons (Fsp3) is 0.636. The molecule has 0 bridgehead atoms. The lowest BCUT2D eigenvalue weighted by atomic mass is 9.97. The van der Waals surface area contributed by atoms with Crippen LogP contribution < -0.4 is 10.6 Å². The van der Waals surface area contributed by atoms with Crippen LogP contribution in [-0.2, 0) is 11.3 Å². The topological polar surface area (TPSA) is 64.2 Å². The maximum Gasteiger partial charge on any atom is 0.246 e. The molecule has 0 aromatic carbocycles. The normalized spacial score (nSPS) is 25.1. The lowest BCUT2D eigenvalue weighted by Gasteiger charge is -2.42. The predicted octanol–water partition coefficient (Wildman–Crippen LogP) is 0.602. The summed E-state index contributed by atoms with van der Waals surface area (Å²) in [5.41, 5.74) is 6.51. The Morgan fingerprint density at radius 1 is 1.56 bits per heavy atom. The van der Waals surface area contributed by atoms with E-state index in [1.54, 1.807) is 11.1 Å². The van der Waals surface area contributed by atoms with Gasteiger partial charge < -0.3 is 10.6 Å². The number of rotatable bonds is 3. The molecule has 5 nitrogen and oxygen atoms in total. The molecule has 88 valence electrons. The lowest BCUT2D eigenvalue weighted by molar-refractivity contribution is -0.125. The van der Waals surface area contributed by atoms with Crippen LogP contribution in [0.4, 0.5) is 5.69 Å². The number of hydrogen-bond acceptors (Lipinski definition) is 3. The number of carbonyl (C=O) groups excluding carboxylic acids is 1. The molecule has 1 aromatic heterocycles. The van der Waals surface area contributed by atoms with E-state index in [1.807, 2.05) is 17.8 Å². The molecule has 0 saturated carbocycles. The first-order valence-electron chi connectivity index (χ1n) is 5.62. The monoisotopic (exact) mass is 222 g/mol. The van der Waals surface area contributed by atoms with Crippen LogP contribution in [0.1, 0.15) is 20.8 Å². The lowest BCUT2D eigenvalue weighted by Crippen LogP contribution is -2.67. The Morgan fingerprint density at radius 2 is 2.25 bits per heavy atom. The van der Waals surface area contributed by atoms with Gasteiger partial charge in [0.2, 0.25) is 5.91 Å². The predicted molar refractivity (Wildman–Crippen MR) is 62.0 cm³/mol. The van der Waals surface area contributed by atoms with Gasteiger partial charge in [-0.3, -0.25) is 9.48 Å². The minimum absolute atomic E-state index is 0.0170. The van der Waals surface area contributed by atoms with Gasteiger partial charge in [-0.1, -0.05) is 13.8 Å². The van der Waals surface area contributed by atoms with Crippen molar-refractivity contribution in [1.29, 1.82) is 0 Å². The van der Waals surface area contributed by atoms with Crippen LogP contribution in [0.2, 0.25) is 0 Å². The van der Waals surface area contributed by atoms with Crippen LogP contribution in [0.5, 0.6) is 0 Å². The quantitative estimate of drug-likeness (QED) is 0.762. The van der Waals surface area contributed by atoms with E-state index in [9.17, 15) is 4.79 Å². The van der Waals surface area contributed by atoms with Gasteiger partial charge in [-0.25, -0.2) is 0 Å². The van der Waals surface area contributed by atoms with Gasteiger partial charge >= 0.3 is 0 Å². The van der Waals surface area contributed by atoms with Gasteiger partial charge in [0.25, 0.3) is 0 Å². The van der Waals surface area contributed by atoms with Gasteiger partial charge in [-0.05, 0) is 12.8 Å². The maximum atomic E-state index is 11.6. The molecule has 1 aliphatic heterocycles. The molecule has 0 radical (unpaired) electrons. The highest BCUT2D eigenvalue weighted by molar-refractivity contribution is 6.05. The smallest absolute Gasteiger partial charge is 0.246 e. The molecule has 16 heavy (non-hydrogen) atoms. The molecule has 2 atom stereocenters. The second-order valence-electron chi connectivity index (χ2n) is 4.79. The fourth-order valence-corrected chi connectivity index (χ4v) is 1.96. The summed E-state index contributed by atoms with van der Waals surface area (Å²) >= 11 is 0. The number of carbonyl (C=O) groups is 1. The van der Waals surface area contributed by atoms with Crippen LogP contribution in [0.15, 0.2) is 12.4 Å². The summed E-state index contributed by atoms with van der Waals surface area (Å²) in [5.74, 6) is 0.524. The van der Waals surface area contributed by atoms with Gasteiger partial charge in [0.05, 0.1) is 17.9 Å². The van der Waals surface area contributed by atoms with Crippen LogP contribution in [0, 0.1) is 5.92 Å². The zero-order valence-corrected chi connectivity index (χ0v) is 9.92. The van der Waals surface area contributed by atoms with Crippen LogP contribution in [0.25, 0.3) is 0 Å². The van der Waals surface area contributed by atoms with E-state index >= 15 is 0 Å². The average molecular weight is 222 g/mol. The molecule has 1 saturated heterocycles. The molecular formula is C11H18N4O.